The fourth-order valence-corrected chi connectivity index (χ4v) is 4.61. The molecule has 1 amide bonds. The highest BCUT2D eigenvalue weighted by molar-refractivity contribution is 5.89. The second kappa shape index (κ2) is 5.21. The molecule has 3 unspecified atom stereocenters. The lowest BCUT2D eigenvalue weighted by Gasteiger charge is -2.65. The number of nitrogens with two attached hydrogens (primary N) is 2. The van der Waals surface area contributed by atoms with Gasteiger partial charge in [-0.15, -0.1) is 0 Å². The fourth-order valence-electron chi connectivity index (χ4n) is 4.61. The number of hydrogen-bond donors (Lipinski definition) is 3. The number of nitrogens with one attached hydrogen (secondary N) is 1. The third kappa shape index (κ3) is 2.21. The second-order valence-corrected chi connectivity index (χ2v) is 7.72. The predicted octanol–water partition coefficient (Wildman–Crippen LogP) is 0.905. The smallest absolute Gasteiger partial charge is 0.241 e. The highest BCUT2D eigenvalue weighted by atomic mass is 16.5. The van der Waals surface area contributed by atoms with Gasteiger partial charge >= 0.3 is 0 Å². The number of carbonyl (C=O) groups excluding carboxylic acids is 1. The quantitative estimate of drug-likeness (QED) is 0.706. The summed E-state index contributed by atoms with van der Waals surface area (Å²) < 4.78 is 5.87. The summed E-state index contributed by atoms with van der Waals surface area (Å²) in [5.74, 6) is 0.173. The molecule has 21 heavy (non-hydrogen) atoms. The van der Waals surface area contributed by atoms with Gasteiger partial charge in [0.15, 0.2) is 0 Å². The standard InChI is InChI=1S/C16H29N3O2/c1-15(2)13-12(4-3-9-21-13)16(15,18)14(20)19-11-7-5-10(17)6-8-11/h10-13H,3-9,17-18H2,1-2H3,(H,19,20). The van der Waals surface area contributed by atoms with Gasteiger partial charge in [0.25, 0.3) is 0 Å². The molecule has 3 fully saturated rings. The van der Waals surface area contributed by atoms with Crippen LogP contribution in [0.3, 0.4) is 0 Å². The molecule has 3 aliphatic rings. The summed E-state index contributed by atoms with van der Waals surface area (Å²) >= 11 is 0. The van der Waals surface area contributed by atoms with Crippen LogP contribution in [0.5, 0.6) is 0 Å². The topological polar surface area (TPSA) is 90.4 Å². The summed E-state index contributed by atoms with van der Waals surface area (Å²) in [6.45, 7) is 4.93. The van der Waals surface area contributed by atoms with Gasteiger partial charge in [-0.1, -0.05) is 13.8 Å². The van der Waals surface area contributed by atoms with Gasteiger partial charge in [0, 0.05) is 30.0 Å². The molecule has 0 aromatic rings. The Morgan fingerprint density at radius 1 is 1.19 bits per heavy atom. The van der Waals surface area contributed by atoms with Gasteiger partial charge in [-0.3, -0.25) is 4.79 Å². The lowest BCUT2D eigenvalue weighted by atomic mass is 9.46. The minimum atomic E-state index is -0.794. The first kappa shape index (κ1) is 15.3. The first-order chi connectivity index (χ1) is 9.87. The van der Waals surface area contributed by atoms with Crippen molar-refractivity contribution in [3.8, 4) is 0 Å². The summed E-state index contributed by atoms with van der Waals surface area (Å²) in [5, 5.41) is 3.20. The van der Waals surface area contributed by atoms with E-state index in [1.54, 1.807) is 0 Å². The maximum absolute atomic E-state index is 12.8. The van der Waals surface area contributed by atoms with Crippen molar-refractivity contribution in [1.82, 2.24) is 5.32 Å². The van der Waals surface area contributed by atoms with E-state index in [1.807, 2.05) is 0 Å². The third-order valence-electron chi connectivity index (χ3n) is 6.17. The van der Waals surface area contributed by atoms with Crippen molar-refractivity contribution in [3.63, 3.8) is 0 Å². The Morgan fingerprint density at radius 2 is 1.86 bits per heavy atom. The van der Waals surface area contributed by atoms with Gasteiger partial charge < -0.3 is 21.5 Å². The van der Waals surface area contributed by atoms with Crippen LogP contribution in [0.25, 0.3) is 0 Å². The highest BCUT2D eigenvalue weighted by Gasteiger charge is 2.70. The van der Waals surface area contributed by atoms with E-state index in [4.69, 9.17) is 16.2 Å². The number of rotatable bonds is 2. The van der Waals surface area contributed by atoms with Crippen LogP contribution in [-0.4, -0.2) is 36.2 Å². The van der Waals surface area contributed by atoms with Crippen LogP contribution in [0, 0.1) is 11.3 Å². The van der Waals surface area contributed by atoms with E-state index in [1.165, 1.54) is 0 Å². The molecule has 3 atom stereocenters. The summed E-state index contributed by atoms with van der Waals surface area (Å²) in [4.78, 5) is 12.8. The fraction of sp³-hybridized carbons (Fsp3) is 0.938. The Morgan fingerprint density at radius 3 is 2.52 bits per heavy atom. The van der Waals surface area contributed by atoms with Crippen molar-refractivity contribution in [2.45, 2.75) is 76.1 Å². The van der Waals surface area contributed by atoms with Gasteiger partial charge in [-0.2, -0.15) is 0 Å². The molecule has 2 aliphatic carbocycles. The average Bonchev–Trinajstić information content (AvgIpc) is 2.48. The van der Waals surface area contributed by atoms with Crippen LogP contribution in [0.15, 0.2) is 0 Å². The number of amides is 1. The molecule has 0 aromatic carbocycles. The van der Waals surface area contributed by atoms with Crippen molar-refractivity contribution in [2.24, 2.45) is 22.8 Å². The minimum absolute atomic E-state index is 0.0136. The first-order valence-corrected chi connectivity index (χ1v) is 8.34. The van der Waals surface area contributed by atoms with E-state index in [0.29, 0.717) is 6.04 Å². The molecule has 2 saturated carbocycles. The molecule has 5 heteroatoms. The van der Waals surface area contributed by atoms with Crippen molar-refractivity contribution in [1.29, 1.82) is 0 Å². The van der Waals surface area contributed by atoms with Crippen molar-refractivity contribution < 1.29 is 9.53 Å². The van der Waals surface area contributed by atoms with E-state index in [0.717, 1.165) is 45.1 Å². The van der Waals surface area contributed by atoms with E-state index in [2.05, 4.69) is 19.2 Å². The molecule has 1 aliphatic heterocycles. The predicted molar refractivity (Wildman–Crippen MR) is 81.5 cm³/mol. The van der Waals surface area contributed by atoms with E-state index < -0.39 is 5.54 Å². The van der Waals surface area contributed by atoms with Crippen LogP contribution < -0.4 is 16.8 Å². The maximum atomic E-state index is 12.8. The van der Waals surface area contributed by atoms with Crippen molar-refractivity contribution in [2.75, 3.05) is 6.61 Å². The summed E-state index contributed by atoms with van der Waals surface area (Å²) in [6.07, 6.45) is 6.03. The molecular weight excluding hydrogens is 266 g/mol. The second-order valence-electron chi connectivity index (χ2n) is 7.72. The zero-order valence-corrected chi connectivity index (χ0v) is 13.2. The minimum Gasteiger partial charge on any atom is -0.377 e. The van der Waals surface area contributed by atoms with Crippen LogP contribution in [-0.2, 0) is 9.53 Å². The molecule has 120 valence electrons. The molecule has 5 nitrogen and oxygen atoms in total. The largest absolute Gasteiger partial charge is 0.377 e. The molecule has 0 spiro atoms. The maximum Gasteiger partial charge on any atom is 0.241 e. The first-order valence-electron chi connectivity index (χ1n) is 8.34. The zero-order chi connectivity index (χ0) is 15.3. The van der Waals surface area contributed by atoms with E-state index >= 15 is 0 Å². The Balaban J connectivity index is 1.68. The summed E-state index contributed by atoms with van der Waals surface area (Å²) in [5.41, 5.74) is 11.4. The third-order valence-corrected chi connectivity index (χ3v) is 6.17. The molecule has 0 aromatic heterocycles. The highest BCUT2D eigenvalue weighted by Crippen LogP contribution is 2.57. The lowest BCUT2D eigenvalue weighted by molar-refractivity contribution is -0.225. The molecule has 1 heterocycles. The van der Waals surface area contributed by atoms with Crippen LogP contribution in [0.4, 0.5) is 0 Å². The normalized spacial score (nSPS) is 45.3. The number of carbonyl (C=O) groups is 1. The van der Waals surface area contributed by atoms with E-state index in [-0.39, 0.29) is 29.4 Å². The summed E-state index contributed by atoms with van der Waals surface area (Å²) in [7, 11) is 0. The molecule has 1 saturated heterocycles. The van der Waals surface area contributed by atoms with Crippen LogP contribution in [0.2, 0.25) is 0 Å². The molecule has 3 rings (SSSR count). The van der Waals surface area contributed by atoms with Gasteiger partial charge in [0.05, 0.1) is 6.10 Å². The zero-order valence-electron chi connectivity index (χ0n) is 13.2. The van der Waals surface area contributed by atoms with Gasteiger partial charge in [0.1, 0.15) is 5.54 Å². The molecule has 0 radical (unpaired) electrons. The molecule has 0 bridgehead atoms. The van der Waals surface area contributed by atoms with Gasteiger partial charge in [0.2, 0.25) is 5.91 Å². The number of fused-ring (bicyclic) bond motifs is 1. The Hall–Kier alpha value is -0.650. The van der Waals surface area contributed by atoms with Crippen LogP contribution >= 0.6 is 0 Å². The monoisotopic (exact) mass is 295 g/mol. The van der Waals surface area contributed by atoms with Gasteiger partial charge in [-0.05, 0) is 38.5 Å². The Bertz CT molecular complexity index is 418. The lowest BCUT2D eigenvalue weighted by Crippen LogP contribution is -2.82. The summed E-state index contributed by atoms with van der Waals surface area (Å²) in [6, 6.07) is 0.526. The van der Waals surface area contributed by atoms with Crippen molar-refractivity contribution in [3.05, 3.63) is 0 Å². The Kier molecular flexibility index (Phi) is 3.79. The molecular formula is C16H29N3O2. The SMILES string of the molecule is CC1(C)C2OCCCC2C1(N)C(=O)NC1CCC(N)CC1. The van der Waals surface area contributed by atoms with Gasteiger partial charge in [-0.25, -0.2) is 0 Å². The molecule has 5 N–H and O–H groups in total. The Labute approximate surface area is 127 Å². The average molecular weight is 295 g/mol. The number of hydrogen-bond acceptors (Lipinski definition) is 4. The number of ether oxygens (including phenoxy) is 1. The van der Waals surface area contributed by atoms with E-state index in [9.17, 15) is 4.79 Å². The van der Waals surface area contributed by atoms with Crippen LogP contribution in [0.1, 0.15) is 52.4 Å². The van der Waals surface area contributed by atoms with Crippen molar-refractivity contribution >= 4 is 5.91 Å².